The van der Waals surface area contributed by atoms with Crippen LogP contribution in [0.5, 0.6) is 5.75 Å². The van der Waals surface area contributed by atoms with Crippen molar-refractivity contribution in [2.75, 3.05) is 7.11 Å². The van der Waals surface area contributed by atoms with Crippen molar-refractivity contribution in [2.24, 2.45) is 0 Å². The van der Waals surface area contributed by atoms with Gasteiger partial charge in [0.1, 0.15) is 5.75 Å². The van der Waals surface area contributed by atoms with E-state index in [0.717, 1.165) is 22.4 Å². The Labute approximate surface area is 181 Å². The number of nitrogens with one attached hydrogen (secondary N) is 2. The van der Waals surface area contributed by atoms with E-state index in [9.17, 15) is 9.59 Å². The first-order chi connectivity index (χ1) is 15.0. The Bertz CT molecular complexity index is 1110. The molecule has 6 nitrogen and oxygen atoms in total. The van der Waals surface area contributed by atoms with E-state index in [1.807, 2.05) is 67.7 Å². The number of benzene rings is 3. The van der Waals surface area contributed by atoms with E-state index in [-0.39, 0.29) is 11.8 Å². The summed E-state index contributed by atoms with van der Waals surface area (Å²) in [7, 11) is 1.62. The van der Waals surface area contributed by atoms with Gasteiger partial charge >= 0.3 is 5.91 Å². The first kappa shape index (κ1) is 20.3. The highest BCUT2D eigenvalue weighted by molar-refractivity contribution is 5.98. The van der Waals surface area contributed by atoms with E-state index in [1.54, 1.807) is 36.1 Å². The standard InChI is InChI=1S/C25H23N3O3/c1-17-8-12-19(13-9-17)23-22(26-24(29)20-6-4-3-5-7-20)25(30)27-28(23)16-18-10-14-21(31-2)15-11-18/h3-16,22-23H,1-2H3,(H-,26,27,29,30)/p+1/b28-16-/t22-,23+/m0/s1. The Hall–Kier alpha value is -3.93. The number of hydrogen-bond acceptors (Lipinski definition) is 3. The van der Waals surface area contributed by atoms with Crippen LogP contribution in [0.2, 0.25) is 0 Å². The van der Waals surface area contributed by atoms with Gasteiger partial charge in [-0.1, -0.05) is 48.0 Å². The van der Waals surface area contributed by atoms with Crippen LogP contribution >= 0.6 is 0 Å². The van der Waals surface area contributed by atoms with Crippen molar-refractivity contribution in [2.45, 2.75) is 19.0 Å². The van der Waals surface area contributed by atoms with E-state index in [4.69, 9.17) is 4.74 Å². The number of hydrazine groups is 1. The largest absolute Gasteiger partial charge is 0.497 e. The molecule has 3 aromatic rings. The number of amides is 2. The number of rotatable bonds is 5. The molecule has 1 aliphatic rings. The smallest absolute Gasteiger partial charge is 0.304 e. The SMILES string of the molecule is COc1ccc(/C=[N+]2\NC(=O)[C@@H](NC(=O)c3ccccc3)[C@H]2c2ccc(C)cc2)cc1. The predicted octanol–water partition coefficient (Wildman–Crippen LogP) is 3.02. The van der Waals surface area contributed by atoms with Crippen LogP contribution < -0.4 is 15.5 Å². The second-order valence-electron chi connectivity index (χ2n) is 7.46. The molecule has 1 fully saturated rings. The van der Waals surface area contributed by atoms with Crippen LogP contribution in [0.1, 0.15) is 33.1 Å². The molecule has 3 aromatic carbocycles. The predicted molar refractivity (Wildman–Crippen MR) is 118 cm³/mol. The summed E-state index contributed by atoms with van der Waals surface area (Å²) in [5.74, 6) is 0.203. The molecule has 0 aliphatic carbocycles. The van der Waals surface area contributed by atoms with Crippen LogP contribution in [0.15, 0.2) is 78.9 Å². The molecule has 0 unspecified atom stereocenters. The fourth-order valence-electron chi connectivity index (χ4n) is 3.61. The van der Waals surface area contributed by atoms with Gasteiger partial charge in [0.2, 0.25) is 12.3 Å². The molecule has 0 aromatic heterocycles. The lowest BCUT2D eigenvalue weighted by molar-refractivity contribution is -0.596. The van der Waals surface area contributed by atoms with Gasteiger partial charge in [-0.2, -0.15) is 0 Å². The molecule has 1 saturated heterocycles. The maximum atomic E-state index is 12.9. The van der Waals surface area contributed by atoms with Gasteiger partial charge in [0, 0.05) is 16.7 Å². The van der Waals surface area contributed by atoms with Gasteiger partial charge in [0.05, 0.1) is 7.11 Å². The number of ether oxygens (including phenoxy) is 1. The number of carbonyl (C=O) groups excluding carboxylic acids is 2. The average Bonchev–Trinajstić information content (AvgIpc) is 3.10. The maximum absolute atomic E-state index is 12.9. The van der Waals surface area contributed by atoms with Gasteiger partial charge in [-0.05, 0) is 43.3 Å². The average molecular weight is 414 g/mol. The fourth-order valence-corrected chi connectivity index (χ4v) is 3.61. The number of carbonyl (C=O) groups is 2. The van der Waals surface area contributed by atoms with Crippen molar-refractivity contribution in [3.8, 4) is 5.75 Å². The lowest BCUT2D eigenvalue weighted by Crippen LogP contribution is -2.42. The molecule has 156 valence electrons. The van der Waals surface area contributed by atoms with Gasteiger partial charge < -0.3 is 10.1 Å². The van der Waals surface area contributed by atoms with Crippen molar-refractivity contribution in [3.63, 3.8) is 0 Å². The van der Waals surface area contributed by atoms with E-state index < -0.39 is 12.1 Å². The van der Waals surface area contributed by atoms with Crippen molar-refractivity contribution in [3.05, 3.63) is 101 Å². The highest BCUT2D eigenvalue weighted by Crippen LogP contribution is 2.26. The van der Waals surface area contributed by atoms with Crippen LogP contribution in [0.3, 0.4) is 0 Å². The van der Waals surface area contributed by atoms with Crippen LogP contribution in [-0.2, 0) is 4.79 Å². The summed E-state index contributed by atoms with van der Waals surface area (Å²) in [6.45, 7) is 2.01. The van der Waals surface area contributed by atoms with Gasteiger partial charge in [0.15, 0.2) is 6.04 Å². The Kier molecular flexibility index (Phi) is 5.80. The van der Waals surface area contributed by atoms with Gasteiger partial charge in [0.25, 0.3) is 5.91 Å². The number of aryl methyl sites for hydroxylation is 1. The summed E-state index contributed by atoms with van der Waals surface area (Å²) < 4.78 is 6.97. The molecule has 1 aliphatic heterocycles. The lowest BCUT2D eigenvalue weighted by atomic mass is 9.98. The maximum Gasteiger partial charge on any atom is 0.304 e. The van der Waals surface area contributed by atoms with Gasteiger partial charge in [-0.3, -0.25) is 9.59 Å². The summed E-state index contributed by atoms with van der Waals surface area (Å²) in [4.78, 5) is 25.7. The van der Waals surface area contributed by atoms with Gasteiger partial charge in [-0.25, -0.2) is 0 Å². The summed E-state index contributed by atoms with van der Waals surface area (Å²) in [5, 5.41) is 2.91. The summed E-state index contributed by atoms with van der Waals surface area (Å²) in [5.41, 5.74) is 6.35. The van der Waals surface area contributed by atoms with E-state index in [2.05, 4.69) is 10.7 Å². The van der Waals surface area contributed by atoms with Crippen molar-refractivity contribution >= 4 is 18.0 Å². The van der Waals surface area contributed by atoms with Crippen molar-refractivity contribution < 1.29 is 19.0 Å². The molecule has 0 spiro atoms. The Morgan fingerprint density at radius 3 is 2.32 bits per heavy atom. The molecular weight excluding hydrogens is 390 g/mol. The minimum atomic E-state index is -0.745. The topological polar surface area (TPSA) is 70.4 Å². The van der Waals surface area contributed by atoms with Crippen LogP contribution in [-0.4, -0.2) is 35.9 Å². The second-order valence-corrected chi connectivity index (χ2v) is 7.46. The molecule has 0 bridgehead atoms. The molecule has 2 amide bonds. The highest BCUT2D eigenvalue weighted by Gasteiger charge is 2.47. The van der Waals surface area contributed by atoms with Crippen LogP contribution in [0.4, 0.5) is 0 Å². The fraction of sp³-hybridized carbons (Fsp3) is 0.160. The summed E-state index contributed by atoms with van der Waals surface area (Å²) in [6.07, 6.45) is 1.86. The normalized spacial score (nSPS) is 19.2. The third-order valence-corrected chi connectivity index (χ3v) is 5.28. The zero-order chi connectivity index (χ0) is 21.8. The molecule has 6 heteroatoms. The molecule has 2 atom stereocenters. The van der Waals surface area contributed by atoms with Crippen LogP contribution in [0, 0.1) is 6.92 Å². The summed E-state index contributed by atoms with van der Waals surface area (Å²) in [6, 6.07) is 23.3. The molecular formula is C25H24N3O3+. The Balaban J connectivity index is 1.69. The molecule has 31 heavy (non-hydrogen) atoms. The molecule has 2 N–H and O–H groups in total. The molecule has 0 saturated carbocycles. The van der Waals surface area contributed by atoms with Gasteiger partial charge in [-0.15, -0.1) is 10.1 Å². The third-order valence-electron chi connectivity index (χ3n) is 5.28. The minimum absolute atomic E-state index is 0.264. The van der Waals surface area contributed by atoms with E-state index >= 15 is 0 Å². The molecule has 0 radical (unpaired) electrons. The Morgan fingerprint density at radius 1 is 1.00 bits per heavy atom. The minimum Gasteiger partial charge on any atom is -0.497 e. The number of hydrazone groups is 1. The third kappa shape index (κ3) is 4.48. The first-order valence-electron chi connectivity index (χ1n) is 10.1. The second kappa shape index (κ2) is 8.83. The van der Waals surface area contributed by atoms with Crippen molar-refractivity contribution in [1.82, 2.24) is 10.7 Å². The zero-order valence-corrected chi connectivity index (χ0v) is 17.4. The quantitative estimate of drug-likeness (QED) is 0.631. The first-order valence-corrected chi connectivity index (χ1v) is 10.1. The summed E-state index contributed by atoms with van der Waals surface area (Å²) >= 11 is 0. The van der Waals surface area contributed by atoms with Crippen LogP contribution in [0.25, 0.3) is 0 Å². The monoisotopic (exact) mass is 414 g/mol. The van der Waals surface area contributed by atoms with Crippen molar-refractivity contribution in [1.29, 1.82) is 0 Å². The highest BCUT2D eigenvalue weighted by atomic mass is 16.5. The van der Waals surface area contributed by atoms with E-state index in [1.165, 1.54) is 0 Å². The number of methoxy groups -OCH3 is 1. The zero-order valence-electron chi connectivity index (χ0n) is 17.4. The molecule has 1 heterocycles. The number of nitrogens with zero attached hydrogens (tertiary/aromatic N) is 1. The van der Waals surface area contributed by atoms with E-state index in [0.29, 0.717) is 5.56 Å². The lowest BCUT2D eigenvalue weighted by Gasteiger charge is -2.15. The molecule has 4 rings (SSSR count). The number of hydrogen-bond donors (Lipinski definition) is 2. The Morgan fingerprint density at radius 2 is 1.68 bits per heavy atom.